The normalized spacial score (nSPS) is 9.50. The first-order valence-electron chi connectivity index (χ1n) is 2.85. The zero-order valence-electron chi connectivity index (χ0n) is 6.02. The number of hydrogen-bond donors (Lipinski definition) is 0. The zero-order chi connectivity index (χ0) is 9.14. The first-order chi connectivity index (χ1) is 5.66. The van der Waals surface area contributed by atoms with Crippen LogP contribution in [0.1, 0.15) is 0 Å². The van der Waals surface area contributed by atoms with Crippen molar-refractivity contribution in [3.05, 3.63) is 21.0 Å². The van der Waals surface area contributed by atoms with Gasteiger partial charge in [-0.1, -0.05) is 0 Å². The largest absolute Gasteiger partial charge is 0.476 e. The van der Waals surface area contributed by atoms with Crippen LogP contribution in [0.4, 0.5) is 5.69 Å². The van der Waals surface area contributed by atoms with E-state index in [0.29, 0.717) is 0 Å². The van der Waals surface area contributed by atoms with Crippen LogP contribution in [-0.4, -0.2) is 22.0 Å². The van der Waals surface area contributed by atoms with Gasteiger partial charge in [0.15, 0.2) is 4.60 Å². The van der Waals surface area contributed by atoms with Gasteiger partial charge in [0.25, 0.3) is 5.88 Å². The number of nitrogens with zero attached hydrogens (tertiary/aromatic N) is 3. The first-order valence-corrected chi connectivity index (χ1v) is 3.65. The number of ether oxygens (including phenoxy) is 1. The molecule has 7 heteroatoms. The molecule has 1 aromatic rings. The monoisotopic (exact) mass is 233 g/mol. The second-order valence-corrected chi connectivity index (χ2v) is 2.53. The average Bonchev–Trinajstić information content (AvgIpc) is 2.03. The standard InChI is InChI=1S/C5H4BrN3O3/c1-12-5-3(9(10)11)4(6)7-2-8-5/h2H,1H3. The van der Waals surface area contributed by atoms with E-state index < -0.39 is 4.92 Å². The Morgan fingerprint density at radius 1 is 1.67 bits per heavy atom. The minimum absolute atomic E-state index is 0.0538. The number of halogens is 1. The van der Waals surface area contributed by atoms with Gasteiger partial charge in [-0.15, -0.1) is 0 Å². The minimum atomic E-state index is -0.608. The summed E-state index contributed by atoms with van der Waals surface area (Å²) in [5.74, 6) is -0.0538. The lowest BCUT2D eigenvalue weighted by molar-refractivity contribution is -0.387. The van der Waals surface area contributed by atoms with Crippen LogP contribution in [0, 0.1) is 10.1 Å². The molecule has 0 saturated heterocycles. The molecule has 0 aromatic carbocycles. The molecule has 0 atom stereocenters. The number of aromatic nitrogens is 2. The Kier molecular flexibility index (Phi) is 2.54. The molecule has 1 rings (SSSR count). The lowest BCUT2D eigenvalue weighted by Gasteiger charge is -1.99. The number of hydrogen-bond acceptors (Lipinski definition) is 5. The second kappa shape index (κ2) is 3.44. The van der Waals surface area contributed by atoms with Gasteiger partial charge < -0.3 is 4.74 Å². The van der Waals surface area contributed by atoms with E-state index in [-0.39, 0.29) is 16.2 Å². The van der Waals surface area contributed by atoms with Gasteiger partial charge in [-0.05, 0) is 15.9 Å². The summed E-state index contributed by atoms with van der Waals surface area (Å²) in [4.78, 5) is 17.0. The maximum Gasteiger partial charge on any atom is 0.363 e. The van der Waals surface area contributed by atoms with Gasteiger partial charge in [0.1, 0.15) is 6.33 Å². The van der Waals surface area contributed by atoms with Crippen LogP contribution in [0.5, 0.6) is 5.88 Å². The third kappa shape index (κ3) is 1.50. The van der Waals surface area contributed by atoms with Gasteiger partial charge in [-0.3, -0.25) is 10.1 Å². The van der Waals surface area contributed by atoms with E-state index in [4.69, 9.17) is 0 Å². The predicted octanol–water partition coefficient (Wildman–Crippen LogP) is 1.16. The van der Waals surface area contributed by atoms with Crippen LogP contribution in [0.3, 0.4) is 0 Å². The molecule has 0 radical (unpaired) electrons. The molecular formula is C5H4BrN3O3. The Balaban J connectivity index is 3.29. The molecule has 0 unspecified atom stereocenters. The molecule has 0 amide bonds. The molecule has 0 aliphatic carbocycles. The van der Waals surface area contributed by atoms with E-state index in [1.54, 1.807) is 0 Å². The highest BCUT2D eigenvalue weighted by Crippen LogP contribution is 2.29. The van der Waals surface area contributed by atoms with Gasteiger partial charge in [0.2, 0.25) is 0 Å². The summed E-state index contributed by atoms with van der Waals surface area (Å²) in [7, 11) is 1.31. The fourth-order valence-corrected chi connectivity index (χ4v) is 1.05. The number of methoxy groups -OCH3 is 1. The predicted molar refractivity (Wildman–Crippen MR) is 42.9 cm³/mol. The Morgan fingerprint density at radius 2 is 2.33 bits per heavy atom. The zero-order valence-corrected chi connectivity index (χ0v) is 7.61. The highest BCUT2D eigenvalue weighted by atomic mass is 79.9. The van der Waals surface area contributed by atoms with Gasteiger partial charge in [-0.2, -0.15) is 4.98 Å². The van der Waals surface area contributed by atoms with Gasteiger partial charge in [0.05, 0.1) is 12.0 Å². The Labute approximate surface area is 75.9 Å². The van der Waals surface area contributed by atoms with Gasteiger partial charge in [0, 0.05) is 0 Å². The van der Waals surface area contributed by atoms with Crippen LogP contribution >= 0.6 is 15.9 Å². The Morgan fingerprint density at radius 3 is 2.75 bits per heavy atom. The van der Waals surface area contributed by atoms with Crippen molar-refractivity contribution in [2.75, 3.05) is 7.11 Å². The van der Waals surface area contributed by atoms with E-state index in [1.165, 1.54) is 13.4 Å². The molecule has 0 fully saturated rings. The van der Waals surface area contributed by atoms with Gasteiger partial charge >= 0.3 is 5.69 Å². The van der Waals surface area contributed by atoms with E-state index in [1.807, 2.05) is 0 Å². The van der Waals surface area contributed by atoms with Gasteiger partial charge in [-0.25, -0.2) is 4.98 Å². The molecular weight excluding hydrogens is 230 g/mol. The summed E-state index contributed by atoms with van der Waals surface area (Å²) in [5, 5.41) is 10.4. The summed E-state index contributed by atoms with van der Waals surface area (Å²) in [5.41, 5.74) is -0.264. The molecule has 1 heterocycles. The summed E-state index contributed by atoms with van der Waals surface area (Å²) in [6.45, 7) is 0. The van der Waals surface area contributed by atoms with Crippen molar-refractivity contribution in [1.82, 2.24) is 9.97 Å². The van der Waals surface area contributed by atoms with Crippen molar-refractivity contribution in [1.29, 1.82) is 0 Å². The van der Waals surface area contributed by atoms with Crippen molar-refractivity contribution in [3.8, 4) is 5.88 Å². The molecule has 64 valence electrons. The van der Waals surface area contributed by atoms with E-state index in [0.717, 1.165) is 0 Å². The van der Waals surface area contributed by atoms with Crippen molar-refractivity contribution in [2.24, 2.45) is 0 Å². The lowest BCUT2D eigenvalue weighted by Crippen LogP contribution is -1.98. The minimum Gasteiger partial charge on any atom is -0.476 e. The molecule has 12 heavy (non-hydrogen) atoms. The molecule has 6 nitrogen and oxygen atoms in total. The van der Waals surface area contributed by atoms with Crippen LogP contribution in [0.2, 0.25) is 0 Å². The van der Waals surface area contributed by atoms with Crippen LogP contribution in [0.25, 0.3) is 0 Å². The molecule has 0 aliphatic rings. The van der Waals surface area contributed by atoms with Crippen molar-refractivity contribution in [3.63, 3.8) is 0 Å². The van der Waals surface area contributed by atoms with E-state index >= 15 is 0 Å². The van der Waals surface area contributed by atoms with E-state index in [2.05, 4.69) is 30.6 Å². The average molecular weight is 234 g/mol. The van der Waals surface area contributed by atoms with Crippen LogP contribution < -0.4 is 4.74 Å². The highest BCUT2D eigenvalue weighted by molar-refractivity contribution is 9.10. The molecule has 1 aromatic heterocycles. The van der Waals surface area contributed by atoms with Crippen molar-refractivity contribution >= 4 is 21.6 Å². The molecule has 0 spiro atoms. The smallest absolute Gasteiger partial charge is 0.363 e. The maximum absolute atomic E-state index is 10.4. The lowest BCUT2D eigenvalue weighted by atomic mass is 10.5. The van der Waals surface area contributed by atoms with Crippen molar-refractivity contribution < 1.29 is 9.66 Å². The third-order valence-electron chi connectivity index (χ3n) is 1.12. The maximum atomic E-state index is 10.4. The SMILES string of the molecule is COc1ncnc(Br)c1[N+](=O)[O-]. The molecule has 0 saturated carbocycles. The summed E-state index contributed by atoms with van der Waals surface area (Å²) in [6, 6.07) is 0. The summed E-state index contributed by atoms with van der Waals surface area (Å²) < 4.78 is 4.78. The number of nitro groups is 1. The fourth-order valence-electron chi connectivity index (χ4n) is 0.645. The third-order valence-corrected chi connectivity index (χ3v) is 1.70. The quantitative estimate of drug-likeness (QED) is 0.435. The second-order valence-electron chi connectivity index (χ2n) is 1.78. The number of rotatable bonds is 2. The van der Waals surface area contributed by atoms with E-state index in [9.17, 15) is 10.1 Å². The van der Waals surface area contributed by atoms with Crippen LogP contribution in [0.15, 0.2) is 10.9 Å². The first kappa shape index (κ1) is 8.85. The van der Waals surface area contributed by atoms with Crippen LogP contribution in [-0.2, 0) is 0 Å². The fraction of sp³-hybridized carbons (Fsp3) is 0.200. The molecule has 0 bridgehead atoms. The summed E-state index contributed by atoms with van der Waals surface area (Å²) in [6.07, 6.45) is 1.18. The Bertz CT molecular complexity index is 317. The topological polar surface area (TPSA) is 78.2 Å². The molecule has 0 N–H and O–H groups in total. The summed E-state index contributed by atoms with van der Waals surface area (Å²) >= 11 is 2.92. The van der Waals surface area contributed by atoms with Crippen molar-refractivity contribution in [2.45, 2.75) is 0 Å². The molecule has 0 aliphatic heterocycles. The highest BCUT2D eigenvalue weighted by Gasteiger charge is 2.21. The Hall–Kier alpha value is -1.24.